The van der Waals surface area contributed by atoms with E-state index in [1.54, 1.807) is 6.08 Å². The van der Waals surface area contributed by atoms with Crippen molar-refractivity contribution in [3.8, 4) is 12.1 Å². The highest BCUT2D eigenvalue weighted by atomic mass is 15.3. The van der Waals surface area contributed by atoms with Crippen LogP contribution in [0.25, 0.3) is 17.0 Å². The molecular weight excluding hydrogens is 286 g/mol. The first-order valence-corrected chi connectivity index (χ1v) is 7.56. The number of piperazine rings is 1. The average molecular weight is 303 g/mol. The van der Waals surface area contributed by atoms with Crippen molar-refractivity contribution in [1.29, 1.82) is 10.5 Å². The summed E-state index contributed by atoms with van der Waals surface area (Å²) in [5.74, 6) is 0.847. The molecule has 0 atom stereocenters. The first kappa shape index (κ1) is 15.0. The second-order valence-electron chi connectivity index (χ2n) is 5.67. The maximum absolute atomic E-state index is 9.06. The Kier molecular flexibility index (Phi) is 4.23. The number of fused-ring (bicyclic) bond motifs is 1. The summed E-state index contributed by atoms with van der Waals surface area (Å²) in [6.45, 7) is 3.72. The molecule has 0 unspecified atom stereocenters. The predicted molar refractivity (Wildman–Crippen MR) is 90.7 cm³/mol. The lowest BCUT2D eigenvalue weighted by atomic mass is 10.1. The van der Waals surface area contributed by atoms with Gasteiger partial charge in [-0.25, -0.2) is 4.98 Å². The Morgan fingerprint density at radius 2 is 1.83 bits per heavy atom. The number of pyridine rings is 1. The van der Waals surface area contributed by atoms with Gasteiger partial charge in [0.15, 0.2) is 0 Å². The number of para-hydroxylation sites is 1. The number of rotatable bonds is 2. The summed E-state index contributed by atoms with van der Waals surface area (Å²) in [5.41, 5.74) is 1.85. The predicted octanol–water partition coefficient (Wildman–Crippen LogP) is 2.42. The number of hydrogen-bond acceptors (Lipinski definition) is 5. The molecule has 23 heavy (non-hydrogen) atoms. The molecule has 0 aliphatic carbocycles. The summed E-state index contributed by atoms with van der Waals surface area (Å²) >= 11 is 0. The van der Waals surface area contributed by atoms with Crippen LogP contribution in [-0.2, 0) is 0 Å². The minimum atomic E-state index is 0.0949. The van der Waals surface area contributed by atoms with Gasteiger partial charge in [0.1, 0.15) is 23.5 Å². The van der Waals surface area contributed by atoms with Crippen LogP contribution in [0.1, 0.15) is 5.56 Å². The number of likely N-dealkylation sites (N-methyl/N-ethyl adjacent to an activating group) is 1. The highest BCUT2D eigenvalue weighted by Crippen LogP contribution is 2.26. The molecule has 1 aliphatic heterocycles. The van der Waals surface area contributed by atoms with E-state index in [9.17, 15) is 0 Å². The van der Waals surface area contributed by atoms with E-state index in [0.717, 1.165) is 48.5 Å². The van der Waals surface area contributed by atoms with Gasteiger partial charge in [0.25, 0.3) is 0 Å². The van der Waals surface area contributed by atoms with Crippen LogP contribution in [0.5, 0.6) is 0 Å². The van der Waals surface area contributed by atoms with Gasteiger partial charge in [-0.05, 0) is 25.3 Å². The van der Waals surface area contributed by atoms with Gasteiger partial charge >= 0.3 is 0 Å². The molecular formula is C18H17N5. The summed E-state index contributed by atoms with van der Waals surface area (Å²) in [6.07, 6.45) is 1.63. The monoisotopic (exact) mass is 303 g/mol. The zero-order valence-electron chi connectivity index (χ0n) is 13.0. The second kappa shape index (κ2) is 6.48. The molecule has 2 aromatic rings. The molecule has 1 saturated heterocycles. The molecule has 5 nitrogen and oxygen atoms in total. The van der Waals surface area contributed by atoms with Gasteiger partial charge in [0.05, 0.1) is 5.52 Å². The molecule has 5 heteroatoms. The maximum Gasteiger partial charge on any atom is 0.136 e. The summed E-state index contributed by atoms with van der Waals surface area (Å²) in [7, 11) is 2.11. The van der Waals surface area contributed by atoms with Crippen molar-refractivity contribution in [2.75, 3.05) is 38.1 Å². The van der Waals surface area contributed by atoms with Crippen molar-refractivity contribution in [2.45, 2.75) is 0 Å². The highest BCUT2D eigenvalue weighted by molar-refractivity contribution is 5.86. The zero-order chi connectivity index (χ0) is 16.2. The molecule has 0 amide bonds. The van der Waals surface area contributed by atoms with Gasteiger partial charge in [0.2, 0.25) is 0 Å². The topological polar surface area (TPSA) is 66.9 Å². The first-order chi connectivity index (χ1) is 11.2. The molecule has 1 aromatic carbocycles. The van der Waals surface area contributed by atoms with Crippen LogP contribution < -0.4 is 4.90 Å². The fourth-order valence-electron chi connectivity index (χ4n) is 2.74. The lowest BCUT2D eigenvalue weighted by Gasteiger charge is -2.34. The largest absolute Gasteiger partial charge is 0.354 e. The van der Waals surface area contributed by atoms with Gasteiger partial charge in [-0.3, -0.25) is 0 Å². The van der Waals surface area contributed by atoms with Gasteiger partial charge in [-0.15, -0.1) is 0 Å². The molecule has 1 aromatic heterocycles. The lowest BCUT2D eigenvalue weighted by molar-refractivity contribution is 0.312. The molecule has 2 heterocycles. The van der Waals surface area contributed by atoms with Crippen molar-refractivity contribution in [3.05, 3.63) is 41.5 Å². The Morgan fingerprint density at radius 3 is 2.52 bits per heavy atom. The van der Waals surface area contributed by atoms with E-state index in [2.05, 4.69) is 16.8 Å². The Labute approximate surface area is 135 Å². The van der Waals surface area contributed by atoms with E-state index in [1.807, 2.05) is 42.5 Å². The fourth-order valence-corrected chi connectivity index (χ4v) is 2.74. The molecule has 3 rings (SSSR count). The average Bonchev–Trinajstić information content (AvgIpc) is 2.59. The molecule has 1 aliphatic rings. The Bertz CT molecular complexity index is 817. The van der Waals surface area contributed by atoms with Crippen LogP contribution in [-0.4, -0.2) is 43.1 Å². The molecule has 1 fully saturated rings. The standard InChI is InChI=1S/C18H17N5/c1-22-6-8-23(9-7-22)18-16(10-14(12-19)13-20)11-15-4-2-3-5-17(15)21-18/h2-5,10-11H,6-9H2,1H3. The molecule has 0 radical (unpaired) electrons. The molecule has 0 bridgehead atoms. The quantitative estimate of drug-likeness (QED) is 0.797. The van der Waals surface area contributed by atoms with E-state index >= 15 is 0 Å². The first-order valence-electron chi connectivity index (χ1n) is 7.56. The van der Waals surface area contributed by atoms with Crippen LogP contribution in [0.15, 0.2) is 35.9 Å². The number of anilines is 1. The van der Waals surface area contributed by atoms with E-state index in [1.165, 1.54) is 0 Å². The normalized spacial score (nSPS) is 15.0. The number of hydrogen-bond donors (Lipinski definition) is 0. The summed E-state index contributed by atoms with van der Waals surface area (Å²) < 4.78 is 0. The van der Waals surface area contributed by atoms with Crippen molar-refractivity contribution in [3.63, 3.8) is 0 Å². The van der Waals surface area contributed by atoms with Crippen molar-refractivity contribution >= 4 is 22.8 Å². The number of aromatic nitrogens is 1. The van der Waals surface area contributed by atoms with Crippen molar-refractivity contribution in [1.82, 2.24) is 9.88 Å². The zero-order valence-corrected chi connectivity index (χ0v) is 13.0. The minimum Gasteiger partial charge on any atom is -0.354 e. The van der Waals surface area contributed by atoms with Gasteiger partial charge < -0.3 is 9.80 Å². The van der Waals surface area contributed by atoms with Crippen molar-refractivity contribution in [2.24, 2.45) is 0 Å². The number of benzene rings is 1. The van der Waals surface area contributed by atoms with Gasteiger partial charge in [-0.2, -0.15) is 10.5 Å². The number of allylic oxidation sites excluding steroid dienone is 1. The van der Waals surface area contributed by atoms with E-state index in [-0.39, 0.29) is 5.57 Å². The molecule has 0 spiro atoms. The highest BCUT2D eigenvalue weighted by Gasteiger charge is 2.18. The third-order valence-corrected chi connectivity index (χ3v) is 4.08. The van der Waals surface area contributed by atoms with Gasteiger partial charge in [-0.1, -0.05) is 18.2 Å². The third-order valence-electron chi connectivity index (χ3n) is 4.08. The fraction of sp³-hybridized carbons (Fsp3) is 0.278. The van der Waals surface area contributed by atoms with Crippen molar-refractivity contribution < 1.29 is 0 Å². The smallest absolute Gasteiger partial charge is 0.136 e. The van der Waals surface area contributed by atoms with Gasteiger partial charge in [0, 0.05) is 37.1 Å². The van der Waals surface area contributed by atoms with Crippen LogP contribution in [0, 0.1) is 22.7 Å². The Hall–Kier alpha value is -2.89. The summed E-state index contributed by atoms with van der Waals surface area (Å²) in [4.78, 5) is 9.30. The van der Waals surface area contributed by atoms with E-state index < -0.39 is 0 Å². The Morgan fingerprint density at radius 1 is 1.13 bits per heavy atom. The van der Waals surface area contributed by atoms with Crippen LogP contribution in [0.4, 0.5) is 5.82 Å². The molecule has 0 saturated carbocycles. The maximum atomic E-state index is 9.06. The third kappa shape index (κ3) is 3.15. The van der Waals surface area contributed by atoms with Crippen LogP contribution in [0.2, 0.25) is 0 Å². The molecule has 0 N–H and O–H groups in total. The molecule has 114 valence electrons. The van der Waals surface area contributed by atoms with Crippen LogP contribution in [0.3, 0.4) is 0 Å². The van der Waals surface area contributed by atoms with E-state index in [0.29, 0.717) is 0 Å². The lowest BCUT2D eigenvalue weighted by Crippen LogP contribution is -2.45. The minimum absolute atomic E-state index is 0.0949. The SMILES string of the molecule is CN1CCN(c2nc3ccccc3cc2C=C(C#N)C#N)CC1. The Balaban J connectivity index is 2.12. The summed E-state index contributed by atoms with van der Waals surface area (Å²) in [5, 5.41) is 19.1. The van der Waals surface area contributed by atoms with E-state index in [4.69, 9.17) is 15.5 Å². The number of nitriles is 2. The summed E-state index contributed by atoms with van der Waals surface area (Å²) in [6, 6.07) is 13.8. The van der Waals surface area contributed by atoms with Crippen LogP contribution >= 0.6 is 0 Å². The second-order valence-corrected chi connectivity index (χ2v) is 5.67. The number of nitrogens with zero attached hydrogens (tertiary/aromatic N) is 5.